The van der Waals surface area contributed by atoms with Crippen molar-refractivity contribution in [2.75, 3.05) is 38.0 Å². The summed E-state index contributed by atoms with van der Waals surface area (Å²) in [7, 11) is 0. The predicted octanol–water partition coefficient (Wildman–Crippen LogP) is 4.87. The molecule has 6 nitrogen and oxygen atoms in total. The van der Waals surface area contributed by atoms with Crippen LogP contribution >= 0.6 is 0 Å². The summed E-state index contributed by atoms with van der Waals surface area (Å²) in [4.78, 5) is 32.4. The zero-order valence-electron chi connectivity index (χ0n) is 21.1. The van der Waals surface area contributed by atoms with E-state index in [4.69, 9.17) is 0 Å². The van der Waals surface area contributed by atoms with Gasteiger partial charge in [0.05, 0.1) is 0 Å². The van der Waals surface area contributed by atoms with Crippen LogP contribution in [0.2, 0.25) is 0 Å². The number of piperazine rings is 1. The SMILES string of the molecule is CC(C)CN1C(=O)c2ccccc2C1Nc1ccc(C(=O)N2CCN(Cc3ccccc3)CC2)cc1. The van der Waals surface area contributed by atoms with Crippen LogP contribution in [0.15, 0.2) is 78.9 Å². The number of carbonyl (C=O) groups is 2. The Morgan fingerprint density at radius 3 is 2.25 bits per heavy atom. The van der Waals surface area contributed by atoms with Gasteiger partial charge in [-0.25, -0.2) is 0 Å². The van der Waals surface area contributed by atoms with E-state index in [1.165, 1.54) is 5.56 Å². The first kappa shape index (κ1) is 24.1. The number of amides is 2. The molecule has 2 aliphatic rings. The minimum atomic E-state index is -0.213. The monoisotopic (exact) mass is 482 g/mol. The summed E-state index contributed by atoms with van der Waals surface area (Å²) in [6, 6.07) is 25.9. The third kappa shape index (κ3) is 5.14. The Morgan fingerprint density at radius 1 is 0.889 bits per heavy atom. The number of nitrogens with zero attached hydrogens (tertiary/aromatic N) is 3. The Bertz CT molecular complexity index is 1200. The van der Waals surface area contributed by atoms with Crippen LogP contribution in [-0.2, 0) is 6.54 Å². The Labute approximate surface area is 213 Å². The smallest absolute Gasteiger partial charge is 0.256 e. The van der Waals surface area contributed by atoms with E-state index in [1.54, 1.807) is 0 Å². The van der Waals surface area contributed by atoms with E-state index in [1.807, 2.05) is 64.4 Å². The van der Waals surface area contributed by atoms with Gasteiger partial charge in [-0.05, 0) is 41.8 Å². The summed E-state index contributed by atoms with van der Waals surface area (Å²) >= 11 is 0. The molecule has 186 valence electrons. The van der Waals surface area contributed by atoms with Crippen LogP contribution in [0, 0.1) is 5.92 Å². The number of carbonyl (C=O) groups excluding carboxylic acids is 2. The molecule has 5 rings (SSSR count). The average Bonchev–Trinajstić information content (AvgIpc) is 3.15. The molecule has 1 unspecified atom stereocenters. The number of fused-ring (bicyclic) bond motifs is 1. The number of rotatable bonds is 7. The fourth-order valence-electron chi connectivity index (χ4n) is 5.11. The number of benzene rings is 3. The fraction of sp³-hybridized carbons (Fsp3) is 0.333. The maximum absolute atomic E-state index is 13.1. The summed E-state index contributed by atoms with van der Waals surface area (Å²) < 4.78 is 0. The normalized spacial score (nSPS) is 18.0. The van der Waals surface area contributed by atoms with E-state index >= 15 is 0 Å². The molecule has 2 aliphatic heterocycles. The molecule has 1 fully saturated rings. The predicted molar refractivity (Wildman–Crippen MR) is 143 cm³/mol. The van der Waals surface area contributed by atoms with Crippen LogP contribution in [0.3, 0.4) is 0 Å². The number of anilines is 1. The van der Waals surface area contributed by atoms with Gasteiger partial charge in [0.2, 0.25) is 0 Å². The summed E-state index contributed by atoms with van der Waals surface area (Å²) in [5.74, 6) is 0.499. The molecule has 0 aromatic heterocycles. The highest BCUT2D eigenvalue weighted by Gasteiger charge is 2.36. The lowest BCUT2D eigenvalue weighted by Gasteiger charge is -2.34. The van der Waals surface area contributed by atoms with E-state index in [2.05, 4.69) is 48.3 Å². The zero-order chi connectivity index (χ0) is 25.1. The molecule has 0 aliphatic carbocycles. The topological polar surface area (TPSA) is 55.9 Å². The molecule has 0 radical (unpaired) electrons. The van der Waals surface area contributed by atoms with Gasteiger partial charge in [0, 0.05) is 61.6 Å². The molecule has 1 saturated heterocycles. The van der Waals surface area contributed by atoms with Crippen LogP contribution < -0.4 is 5.32 Å². The quantitative estimate of drug-likeness (QED) is 0.522. The molecule has 3 aromatic rings. The number of hydrogen-bond donors (Lipinski definition) is 1. The third-order valence-corrected chi connectivity index (χ3v) is 6.96. The van der Waals surface area contributed by atoms with E-state index < -0.39 is 0 Å². The molecule has 2 heterocycles. The third-order valence-electron chi connectivity index (χ3n) is 6.96. The van der Waals surface area contributed by atoms with Crippen molar-refractivity contribution in [3.05, 3.63) is 101 Å². The van der Waals surface area contributed by atoms with Crippen molar-refractivity contribution in [3.8, 4) is 0 Å². The fourth-order valence-corrected chi connectivity index (χ4v) is 5.11. The van der Waals surface area contributed by atoms with Gasteiger partial charge in [-0.3, -0.25) is 14.5 Å². The van der Waals surface area contributed by atoms with Crippen molar-refractivity contribution in [1.29, 1.82) is 0 Å². The lowest BCUT2D eigenvalue weighted by molar-refractivity contribution is 0.0628. The van der Waals surface area contributed by atoms with Gasteiger partial charge in [-0.15, -0.1) is 0 Å². The van der Waals surface area contributed by atoms with Gasteiger partial charge in [-0.2, -0.15) is 0 Å². The minimum absolute atomic E-state index is 0.0648. The molecule has 2 amide bonds. The number of nitrogens with one attached hydrogen (secondary N) is 1. The first-order chi connectivity index (χ1) is 17.5. The van der Waals surface area contributed by atoms with E-state index in [0.717, 1.165) is 49.5 Å². The van der Waals surface area contributed by atoms with Gasteiger partial charge < -0.3 is 15.1 Å². The summed E-state index contributed by atoms with van der Waals surface area (Å²) in [6.07, 6.45) is -0.213. The molecular weight excluding hydrogens is 448 g/mol. The van der Waals surface area contributed by atoms with Gasteiger partial charge in [0.1, 0.15) is 6.17 Å². The Kier molecular flexibility index (Phi) is 7.05. The molecule has 3 aromatic carbocycles. The van der Waals surface area contributed by atoms with Crippen LogP contribution in [0.5, 0.6) is 0 Å². The minimum Gasteiger partial charge on any atom is -0.361 e. The molecule has 36 heavy (non-hydrogen) atoms. The molecule has 0 bridgehead atoms. The van der Waals surface area contributed by atoms with E-state index in [0.29, 0.717) is 18.0 Å². The van der Waals surface area contributed by atoms with Crippen molar-refractivity contribution in [2.24, 2.45) is 5.92 Å². The number of hydrogen-bond acceptors (Lipinski definition) is 4. The maximum Gasteiger partial charge on any atom is 0.256 e. The highest BCUT2D eigenvalue weighted by atomic mass is 16.2. The van der Waals surface area contributed by atoms with Crippen LogP contribution in [0.4, 0.5) is 5.69 Å². The first-order valence-corrected chi connectivity index (χ1v) is 12.8. The van der Waals surface area contributed by atoms with Crippen molar-refractivity contribution in [3.63, 3.8) is 0 Å². The summed E-state index contributed by atoms with van der Waals surface area (Å²) in [6.45, 7) is 9.06. The van der Waals surface area contributed by atoms with E-state index in [-0.39, 0.29) is 18.0 Å². The molecule has 0 spiro atoms. The lowest BCUT2D eigenvalue weighted by atomic mass is 10.1. The van der Waals surface area contributed by atoms with Crippen molar-refractivity contribution in [1.82, 2.24) is 14.7 Å². The van der Waals surface area contributed by atoms with Gasteiger partial charge in [0.15, 0.2) is 0 Å². The van der Waals surface area contributed by atoms with Gasteiger partial charge >= 0.3 is 0 Å². The Morgan fingerprint density at radius 2 is 1.56 bits per heavy atom. The lowest BCUT2D eigenvalue weighted by Crippen LogP contribution is -2.48. The molecule has 1 atom stereocenters. The largest absolute Gasteiger partial charge is 0.361 e. The van der Waals surface area contributed by atoms with Crippen molar-refractivity contribution < 1.29 is 9.59 Å². The zero-order valence-corrected chi connectivity index (χ0v) is 21.1. The average molecular weight is 483 g/mol. The highest BCUT2D eigenvalue weighted by Crippen LogP contribution is 2.35. The summed E-state index contributed by atoms with van der Waals surface area (Å²) in [5.41, 5.74) is 4.64. The van der Waals surface area contributed by atoms with Crippen molar-refractivity contribution in [2.45, 2.75) is 26.6 Å². The molecule has 0 saturated carbocycles. The Balaban J connectivity index is 1.21. The second-order valence-corrected chi connectivity index (χ2v) is 10.1. The molecular formula is C30H34N4O2. The standard InChI is InChI=1S/C30H34N4O2/c1-22(2)20-34-28(26-10-6-7-11-27(26)30(34)36)31-25-14-12-24(13-15-25)29(35)33-18-16-32(17-19-33)21-23-8-4-3-5-9-23/h3-15,22,28,31H,16-21H2,1-2H3. The van der Waals surface area contributed by atoms with E-state index in [9.17, 15) is 9.59 Å². The molecule has 6 heteroatoms. The second-order valence-electron chi connectivity index (χ2n) is 10.1. The van der Waals surface area contributed by atoms with Crippen molar-refractivity contribution >= 4 is 17.5 Å². The first-order valence-electron chi connectivity index (χ1n) is 12.8. The van der Waals surface area contributed by atoms with Crippen LogP contribution in [-0.4, -0.2) is 59.2 Å². The van der Waals surface area contributed by atoms with Gasteiger partial charge in [-0.1, -0.05) is 62.4 Å². The highest BCUT2D eigenvalue weighted by molar-refractivity contribution is 5.99. The second kappa shape index (κ2) is 10.5. The Hall–Kier alpha value is -3.64. The van der Waals surface area contributed by atoms with Crippen LogP contribution in [0.1, 0.15) is 51.9 Å². The summed E-state index contributed by atoms with van der Waals surface area (Å²) in [5, 5.41) is 3.53. The van der Waals surface area contributed by atoms with Crippen LogP contribution in [0.25, 0.3) is 0 Å². The van der Waals surface area contributed by atoms with Gasteiger partial charge in [0.25, 0.3) is 11.8 Å². The molecule has 1 N–H and O–H groups in total. The maximum atomic E-state index is 13.1.